The zero-order valence-corrected chi connectivity index (χ0v) is 13.0. The second-order valence-electron chi connectivity index (χ2n) is 4.88. The zero-order valence-electron chi connectivity index (χ0n) is 12.3. The summed E-state index contributed by atoms with van der Waals surface area (Å²) in [5, 5.41) is 3.34. The number of amides is 2. The van der Waals surface area contributed by atoms with Gasteiger partial charge >= 0.3 is 0 Å². The molecule has 0 spiro atoms. The minimum Gasteiger partial charge on any atom is -0.329 e. The summed E-state index contributed by atoms with van der Waals surface area (Å²) in [6.07, 6.45) is 0. The van der Waals surface area contributed by atoms with Crippen molar-refractivity contribution < 1.29 is 9.59 Å². The second kappa shape index (κ2) is 7.61. The molecule has 0 saturated carbocycles. The number of nitrogens with zero attached hydrogens (tertiary/aromatic N) is 1. The van der Waals surface area contributed by atoms with Crippen molar-refractivity contribution in [3.63, 3.8) is 0 Å². The summed E-state index contributed by atoms with van der Waals surface area (Å²) in [5.74, 6) is -0.420. The third-order valence-electron chi connectivity index (χ3n) is 3.16. The fourth-order valence-electron chi connectivity index (χ4n) is 2.01. The van der Waals surface area contributed by atoms with Crippen LogP contribution >= 0.6 is 11.6 Å². The van der Waals surface area contributed by atoms with Crippen LogP contribution in [0.15, 0.2) is 54.6 Å². The molecule has 4 nitrogen and oxygen atoms in total. The van der Waals surface area contributed by atoms with Crippen LogP contribution in [0.2, 0.25) is 5.02 Å². The lowest BCUT2D eigenvalue weighted by atomic mass is 10.2. The van der Waals surface area contributed by atoms with E-state index >= 15 is 0 Å². The maximum Gasteiger partial charge on any atom is 0.244 e. The van der Waals surface area contributed by atoms with Crippen molar-refractivity contribution in [2.75, 3.05) is 11.9 Å². The minimum absolute atomic E-state index is 0.0184. The van der Waals surface area contributed by atoms with Crippen LogP contribution in [0.25, 0.3) is 0 Å². The summed E-state index contributed by atoms with van der Waals surface area (Å²) in [6, 6.07) is 16.4. The van der Waals surface area contributed by atoms with Crippen molar-refractivity contribution >= 4 is 29.1 Å². The number of carbonyl (C=O) groups is 2. The van der Waals surface area contributed by atoms with Gasteiger partial charge in [-0.3, -0.25) is 9.59 Å². The van der Waals surface area contributed by atoms with Gasteiger partial charge in [0, 0.05) is 24.2 Å². The van der Waals surface area contributed by atoms with E-state index in [0.717, 1.165) is 5.56 Å². The van der Waals surface area contributed by atoms with Crippen molar-refractivity contribution in [3.05, 3.63) is 65.2 Å². The molecule has 0 aliphatic rings. The highest BCUT2D eigenvalue weighted by Crippen LogP contribution is 2.17. The Hall–Kier alpha value is -2.33. The molecule has 0 aliphatic carbocycles. The molecule has 0 bridgehead atoms. The third-order valence-corrected chi connectivity index (χ3v) is 3.53. The van der Waals surface area contributed by atoms with E-state index in [1.165, 1.54) is 11.8 Å². The van der Waals surface area contributed by atoms with Gasteiger partial charge in [0.2, 0.25) is 11.8 Å². The Morgan fingerprint density at radius 2 is 1.68 bits per heavy atom. The molecule has 0 atom stereocenters. The monoisotopic (exact) mass is 316 g/mol. The molecule has 1 N–H and O–H groups in total. The highest BCUT2D eigenvalue weighted by Gasteiger charge is 2.15. The molecule has 2 aromatic rings. The summed E-state index contributed by atoms with van der Waals surface area (Å²) >= 11 is 6.10. The summed E-state index contributed by atoms with van der Waals surface area (Å²) in [5.41, 5.74) is 1.51. The van der Waals surface area contributed by atoms with Gasteiger partial charge in [0.15, 0.2) is 0 Å². The predicted octanol–water partition coefficient (Wildman–Crippen LogP) is 3.33. The topological polar surface area (TPSA) is 49.4 Å². The van der Waals surface area contributed by atoms with E-state index in [2.05, 4.69) is 5.32 Å². The summed E-state index contributed by atoms with van der Waals surface area (Å²) in [7, 11) is 0. The Labute approximate surface area is 134 Å². The number of carbonyl (C=O) groups excluding carboxylic acids is 2. The van der Waals surface area contributed by atoms with Gasteiger partial charge in [0.1, 0.15) is 6.54 Å². The van der Waals surface area contributed by atoms with Crippen molar-refractivity contribution in [1.29, 1.82) is 0 Å². The number of para-hydroxylation sites is 1. The second-order valence-corrected chi connectivity index (χ2v) is 5.29. The minimum atomic E-state index is -0.242. The van der Waals surface area contributed by atoms with Crippen LogP contribution in [0.5, 0.6) is 0 Å². The molecule has 22 heavy (non-hydrogen) atoms. The summed E-state index contributed by atoms with van der Waals surface area (Å²) < 4.78 is 0. The Morgan fingerprint density at radius 1 is 1.05 bits per heavy atom. The average Bonchev–Trinajstić information content (AvgIpc) is 2.49. The highest BCUT2D eigenvalue weighted by molar-refractivity contribution is 6.31. The molecule has 2 aromatic carbocycles. The largest absolute Gasteiger partial charge is 0.329 e. The number of anilines is 1. The van der Waals surface area contributed by atoms with E-state index in [4.69, 9.17) is 11.6 Å². The van der Waals surface area contributed by atoms with Crippen LogP contribution < -0.4 is 5.32 Å². The van der Waals surface area contributed by atoms with Crippen molar-refractivity contribution in [3.8, 4) is 0 Å². The number of halogens is 1. The quantitative estimate of drug-likeness (QED) is 0.920. The lowest BCUT2D eigenvalue weighted by molar-refractivity contribution is -0.133. The molecule has 0 saturated heterocycles. The number of hydrogen-bond donors (Lipinski definition) is 1. The lowest BCUT2D eigenvalue weighted by Gasteiger charge is -2.21. The molecule has 0 aromatic heterocycles. The molecule has 2 rings (SSSR count). The first-order valence-corrected chi connectivity index (χ1v) is 7.28. The van der Waals surface area contributed by atoms with E-state index in [-0.39, 0.29) is 18.4 Å². The normalized spacial score (nSPS) is 10.1. The molecule has 0 radical (unpaired) electrons. The van der Waals surface area contributed by atoms with Gasteiger partial charge in [-0.25, -0.2) is 0 Å². The maximum absolute atomic E-state index is 12.1. The third kappa shape index (κ3) is 4.60. The first kappa shape index (κ1) is 16.0. The number of benzene rings is 2. The van der Waals surface area contributed by atoms with Gasteiger partial charge in [-0.1, -0.05) is 48.0 Å². The van der Waals surface area contributed by atoms with Gasteiger partial charge in [0.05, 0.1) is 0 Å². The fourth-order valence-corrected chi connectivity index (χ4v) is 2.20. The van der Waals surface area contributed by atoms with Crippen LogP contribution in [0.1, 0.15) is 12.5 Å². The summed E-state index contributed by atoms with van der Waals surface area (Å²) in [4.78, 5) is 25.3. The Kier molecular flexibility index (Phi) is 5.55. The standard InChI is InChI=1S/C17H17ClN2O2/c1-13(21)20(11-14-7-5-6-10-16(14)18)12-17(22)19-15-8-3-2-4-9-15/h2-10H,11-12H2,1H3,(H,19,22). The Morgan fingerprint density at radius 3 is 2.32 bits per heavy atom. The molecular formula is C17H17ClN2O2. The van der Waals surface area contributed by atoms with E-state index < -0.39 is 0 Å². The van der Waals surface area contributed by atoms with Gasteiger partial charge in [0.25, 0.3) is 0 Å². The average molecular weight is 317 g/mol. The van der Waals surface area contributed by atoms with Crippen LogP contribution in [-0.4, -0.2) is 23.3 Å². The molecule has 2 amide bonds. The first-order valence-electron chi connectivity index (χ1n) is 6.90. The summed E-state index contributed by atoms with van der Waals surface area (Å²) in [6.45, 7) is 1.72. The number of hydrogen-bond acceptors (Lipinski definition) is 2. The lowest BCUT2D eigenvalue weighted by Crippen LogP contribution is -2.36. The predicted molar refractivity (Wildman–Crippen MR) is 87.6 cm³/mol. The maximum atomic E-state index is 12.1. The van der Waals surface area contributed by atoms with Crippen LogP contribution in [0.3, 0.4) is 0 Å². The molecule has 5 heteroatoms. The van der Waals surface area contributed by atoms with Crippen molar-refractivity contribution in [2.24, 2.45) is 0 Å². The van der Waals surface area contributed by atoms with Gasteiger partial charge in [-0.2, -0.15) is 0 Å². The molecule has 114 valence electrons. The highest BCUT2D eigenvalue weighted by atomic mass is 35.5. The SMILES string of the molecule is CC(=O)N(CC(=O)Nc1ccccc1)Cc1ccccc1Cl. The van der Waals surface area contributed by atoms with E-state index in [1.54, 1.807) is 18.2 Å². The molecule has 0 unspecified atom stereocenters. The van der Waals surface area contributed by atoms with E-state index in [9.17, 15) is 9.59 Å². The number of nitrogens with one attached hydrogen (secondary N) is 1. The van der Waals surface area contributed by atoms with Crippen LogP contribution in [-0.2, 0) is 16.1 Å². The molecule has 0 heterocycles. The Balaban J connectivity index is 2.01. The molecule has 0 fully saturated rings. The first-order chi connectivity index (χ1) is 10.6. The molecule has 0 aliphatic heterocycles. The van der Waals surface area contributed by atoms with Crippen LogP contribution in [0.4, 0.5) is 5.69 Å². The Bertz CT molecular complexity index is 659. The fraction of sp³-hybridized carbons (Fsp3) is 0.176. The van der Waals surface area contributed by atoms with E-state index in [0.29, 0.717) is 17.3 Å². The van der Waals surface area contributed by atoms with Crippen molar-refractivity contribution in [2.45, 2.75) is 13.5 Å². The molecular weight excluding hydrogens is 300 g/mol. The van der Waals surface area contributed by atoms with Gasteiger partial charge in [-0.05, 0) is 23.8 Å². The smallest absolute Gasteiger partial charge is 0.244 e. The van der Waals surface area contributed by atoms with Crippen molar-refractivity contribution in [1.82, 2.24) is 4.90 Å². The van der Waals surface area contributed by atoms with Crippen LogP contribution in [0, 0.1) is 0 Å². The number of rotatable bonds is 5. The van der Waals surface area contributed by atoms with Gasteiger partial charge < -0.3 is 10.2 Å². The van der Waals surface area contributed by atoms with E-state index in [1.807, 2.05) is 36.4 Å². The van der Waals surface area contributed by atoms with Gasteiger partial charge in [-0.15, -0.1) is 0 Å². The zero-order chi connectivity index (χ0) is 15.9.